The van der Waals surface area contributed by atoms with Gasteiger partial charge in [-0.25, -0.2) is 0 Å². The van der Waals surface area contributed by atoms with Crippen molar-refractivity contribution in [2.24, 2.45) is 0 Å². The summed E-state index contributed by atoms with van der Waals surface area (Å²) in [5.41, 5.74) is 2.68. The molecule has 0 saturated carbocycles. The number of benzene rings is 2. The van der Waals surface area contributed by atoms with Crippen molar-refractivity contribution in [1.29, 1.82) is 0 Å². The minimum absolute atomic E-state index is 0.111. The fraction of sp³-hybridized carbons (Fsp3) is 0.263. The number of anilines is 1. The number of aryl methyl sites for hydroxylation is 2. The molecule has 0 fully saturated rings. The molecule has 0 aliphatic rings. The van der Waals surface area contributed by atoms with Crippen LogP contribution in [-0.4, -0.2) is 25.0 Å². The van der Waals surface area contributed by atoms with Crippen LogP contribution < -0.4 is 15.4 Å². The van der Waals surface area contributed by atoms with Gasteiger partial charge in [0.15, 0.2) is 6.61 Å². The third kappa shape index (κ3) is 5.80. The molecule has 0 saturated heterocycles. The third-order valence-electron chi connectivity index (χ3n) is 3.62. The highest BCUT2D eigenvalue weighted by Crippen LogP contribution is 2.20. The van der Waals surface area contributed by atoms with Crippen molar-refractivity contribution in [3.63, 3.8) is 0 Å². The van der Waals surface area contributed by atoms with E-state index >= 15 is 0 Å². The van der Waals surface area contributed by atoms with Gasteiger partial charge in [0.2, 0.25) is 5.91 Å². The molecular formula is C19H21ClN2O3. The number of halogens is 1. The molecule has 2 amide bonds. The number of carbonyl (C=O) groups excluding carboxylic acids is 2. The van der Waals surface area contributed by atoms with Crippen LogP contribution >= 0.6 is 11.6 Å². The first-order valence-corrected chi connectivity index (χ1v) is 8.40. The Kier molecular flexibility index (Phi) is 6.83. The lowest BCUT2D eigenvalue weighted by molar-refractivity contribution is -0.125. The molecule has 0 spiro atoms. The largest absolute Gasteiger partial charge is 0.484 e. The van der Waals surface area contributed by atoms with Gasteiger partial charge in [-0.15, -0.1) is 0 Å². The number of amides is 2. The highest BCUT2D eigenvalue weighted by molar-refractivity contribution is 6.31. The molecule has 132 valence electrons. The van der Waals surface area contributed by atoms with Crippen LogP contribution in [0, 0.1) is 6.92 Å². The molecule has 6 heteroatoms. The van der Waals surface area contributed by atoms with Gasteiger partial charge in [0, 0.05) is 10.7 Å². The lowest BCUT2D eigenvalue weighted by atomic mass is 10.1. The standard InChI is InChI=1S/C19H21ClN2O3/c1-3-14-6-4-5-7-17(14)22-18(23)11-21-19(24)12-25-15-8-9-16(20)13(2)10-15/h4-10H,3,11-12H2,1-2H3,(H,21,24)(H,22,23). The van der Waals surface area contributed by atoms with Crippen molar-refractivity contribution in [2.75, 3.05) is 18.5 Å². The van der Waals surface area contributed by atoms with Crippen molar-refractivity contribution in [3.8, 4) is 5.75 Å². The Hall–Kier alpha value is -2.53. The molecule has 0 aromatic heterocycles. The lowest BCUT2D eigenvalue weighted by Crippen LogP contribution is -2.35. The Morgan fingerprint density at radius 3 is 2.60 bits per heavy atom. The SMILES string of the molecule is CCc1ccccc1NC(=O)CNC(=O)COc1ccc(Cl)c(C)c1. The van der Waals surface area contributed by atoms with Crippen LogP contribution in [0.3, 0.4) is 0 Å². The first-order chi connectivity index (χ1) is 12.0. The Labute approximate surface area is 152 Å². The monoisotopic (exact) mass is 360 g/mol. The molecule has 2 N–H and O–H groups in total. The molecular weight excluding hydrogens is 340 g/mol. The summed E-state index contributed by atoms with van der Waals surface area (Å²) >= 11 is 5.94. The van der Waals surface area contributed by atoms with Crippen LogP contribution in [0.5, 0.6) is 5.75 Å². The van der Waals surface area contributed by atoms with Gasteiger partial charge in [0.25, 0.3) is 5.91 Å². The molecule has 25 heavy (non-hydrogen) atoms. The van der Waals surface area contributed by atoms with Crippen LogP contribution in [0.1, 0.15) is 18.1 Å². The summed E-state index contributed by atoms with van der Waals surface area (Å²) < 4.78 is 5.39. The van der Waals surface area contributed by atoms with Crippen LogP contribution in [0.15, 0.2) is 42.5 Å². The van der Waals surface area contributed by atoms with E-state index in [1.165, 1.54) is 0 Å². The maximum atomic E-state index is 12.0. The summed E-state index contributed by atoms with van der Waals surface area (Å²) in [6.07, 6.45) is 0.817. The quantitative estimate of drug-likeness (QED) is 0.795. The second kappa shape index (κ2) is 9.08. The third-order valence-corrected chi connectivity index (χ3v) is 4.04. The zero-order valence-electron chi connectivity index (χ0n) is 14.3. The van der Waals surface area contributed by atoms with Gasteiger partial charge in [-0.3, -0.25) is 9.59 Å². The Morgan fingerprint density at radius 1 is 1.12 bits per heavy atom. The summed E-state index contributed by atoms with van der Waals surface area (Å²) in [6.45, 7) is 3.59. The van der Waals surface area contributed by atoms with Gasteiger partial charge < -0.3 is 15.4 Å². The number of nitrogens with one attached hydrogen (secondary N) is 2. The van der Waals surface area contributed by atoms with Gasteiger partial charge in [-0.05, 0) is 48.7 Å². The Bertz CT molecular complexity index is 762. The summed E-state index contributed by atoms with van der Waals surface area (Å²) in [4.78, 5) is 23.8. The van der Waals surface area contributed by atoms with Crippen molar-refractivity contribution in [3.05, 3.63) is 58.6 Å². The number of carbonyl (C=O) groups is 2. The van der Waals surface area contributed by atoms with Crippen LogP contribution in [0.25, 0.3) is 0 Å². The molecule has 0 bridgehead atoms. The van der Waals surface area contributed by atoms with E-state index in [2.05, 4.69) is 10.6 Å². The zero-order chi connectivity index (χ0) is 18.2. The highest BCUT2D eigenvalue weighted by atomic mass is 35.5. The van der Waals surface area contributed by atoms with Gasteiger partial charge in [-0.1, -0.05) is 36.7 Å². The molecule has 0 heterocycles. The van der Waals surface area contributed by atoms with Crippen LogP contribution in [0.2, 0.25) is 5.02 Å². The Morgan fingerprint density at radius 2 is 1.88 bits per heavy atom. The zero-order valence-corrected chi connectivity index (χ0v) is 15.0. The van der Waals surface area contributed by atoms with E-state index < -0.39 is 0 Å². The summed E-state index contributed by atoms with van der Waals surface area (Å²) in [5, 5.41) is 5.97. The van der Waals surface area contributed by atoms with Gasteiger partial charge in [-0.2, -0.15) is 0 Å². The summed E-state index contributed by atoms with van der Waals surface area (Å²) in [7, 11) is 0. The number of ether oxygens (including phenoxy) is 1. The van der Waals surface area contributed by atoms with E-state index in [9.17, 15) is 9.59 Å². The predicted molar refractivity (Wildman–Crippen MR) is 99.1 cm³/mol. The van der Waals surface area contributed by atoms with E-state index in [0.29, 0.717) is 10.8 Å². The first kappa shape index (κ1) is 18.8. The average Bonchev–Trinajstić information content (AvgIpc) is 2.61. The smallest absolute Gasteiger partial charge is 0.258 e. The van der Waals surface area contributed by atoms with Crippen molar-refractivity contribution < 1.29 is 14.3 Å². The molecule has 0 aliphatic carbocycles. The molecule has 2 rings (SSSR count). The van der Waals surface area contributed by atoms with E-state index in [4.69, 9.17) is 16.3 Å². The maximum absolute atomic E-state index is 12.0. The fourth-order valence-electron chi connectivity index (χ4n) is 2.23. The van der Waals surface area contributed by atoms with E-state index in [-0.39, 0.29) is 25.0 Å². The molecule has 2 aromatic rings. The van der Waals surface area contributed by atoms with E-state index in [0.717, 1.165) is 23.2 Å². The highest BCUT2D eigenvalue weighted by Gasteiger charge is 2.09. The average molecular weight is 361 g/mol. The normalized spacial score (nSPS) is 10.2. The number of para-hydroxylation sites is 1. The molecule has 0 unspecified atom stereocenters. The second-order valence-electron chi connectivity index (χ2n) is 5.54. The second-order valence-corrected chi connectivity index (χ2v) is 5.94. The Balaban J connectivity index is 1.77. The van der Waals surface area contributed by atoms with Crippen molar-refractivity contribution >= 4 is 29.1 Å². The minimum Gasteiger partial charge on any atom is -0.484 e. The topological polar surface area (TPSA) is 67.4 Å². The summed E-state index contributed by atoms with van der Waals surface area (Å²) in [6, 6.07) is 12.7. The van der Waals surface area contributed by atoms with E-state index in [1.54, 1.807) is 18.2 Å². The predicted octanol–water partition coefficient (Wildman–Crippen LogP) is 3.34. The fourth-order valence-corrected chi connectivity index (χ4v) is 2.35. The first-order valence-electron chi connectivity index (χ1n) is 8.03. The number of hydrogen-bond donors (Lipinski definition) is 2. The van der Waals surface area contributed by atoms with Crippen molar-refractivity contribution in [2.45, 2.75) is 20.3 Å². The van der Waals surface area contributed by atoms with Gasteiger partial charge >= 0.3 is 0 Å². The molecule has 5 nitrogen and oxygen atoms in total. The van der Waals surface area contributed by atoms with E-state index in [1.807, 2.05) is 38.1 Å². The minimum atomic E-state index is -0.369. The van der Waals surface area contributed by atoms with Gasteiger partial charge in [0.05, 0.1) is 6.54 Å². The van der Waals surface area contributed by atoms with Crippen LogP contribution in [-0.2, 0) is 16.0 Å². The maximum Gasteiger partial charge on any atom is 0.258 e. The lowest BCUT2D eigenvalue weighted by Gasteiger charge is -2.11. The van der Waals surface area contributed by atoms with Crippen LogP contribution in [0.4, 0.5) is 5.69 Å². The molecule has 0 atom stereocenters. The molecule has 0 aliphatic heterocycles. The summed E-state index contributed by atoms with van der Waals surface area (Å²) in [5.74, 6) is -0.0958. The number of rotatable bonds is 7. The van der Waals surface area contributed by atoms with Gasteiger partial charge in [0.1, 0.15) is 5.75 Å². The molecule has 0 radical (unpaired) electrons. The number of hydrogen-bond acceptors (Lipinski definition) is 3. The molecule has 2 aromatic carbocycles. The van der Waals surface area contributed by atoms with Crippen molar-refractivity contribution in [1.82, 2.24) is 5.32 Å².